The maximum absolute atomic E-state index is 4.28. The van der Waals surface area contributed by atoms with Gasteiger partial charge >= 0.3 is 0 Å². The van der Waals surface area contributed by atoms with E-state index >= 15 is 0 Å². The van der Waals surface area contributed by atoms with E-state index in [1.165, 1.54) is 12.1 Å². The fourth-order valence-electron chi connectivity index (χ4n) is 1.43. The molecule has 1 aromatic heterocycles. The van der Waals surface area contributed by atoms with Crippen molar-refractivity contribution < 1.29 is 0 Å². The highest BCUT2D eigenvalue weighted by atomic mass is 15.3. The fourth-order valence-corrected chi connectivity index (χ4v) is 1.43. The van der Waals surface area contributed by atoms with Crippen LogP contribution in [0.3, 0.4) is 0 Å². The van der Waals surface area contributed by atoms with Gasteiger partial charge in [0.05, 0.1) is 0 Å². The molecule has 1 aromatic rings. The topological polar surface area (TPSA) is 29.9 Å². The summed E-state index contributed by atoms with van der Waals surface area (Å²) in [7, 11) is 1.99. The van der Waals surface area contributed by atoms with Gasteiger partial charge in [0.15, 0.2) is 0 Å². The zero-order valence-electron chi connectivity index (χ0n) is 8.58. The van der Waals surface area contributed by atoms with E-state index < -0.39 is 0 Å². The molecule has 13 heavy (non-hydrogen) atoms. The molecule has 0 unspecified atom stereocenters. The molecule has 0 saturated carbocycles. The fraction of sp³-hybridized carbons (Fsp3) is 0.700. The molecule has 0 aliphatic carbocycles. The lowest BCUT2D eigenvalue weighted by Crippen LogP contribution is -2.10. The number of rotatable bonds is 6. The molecule has 3 nitrogen and oxygen atoms in total. The molecular formula is C10H19N3. The Bertz CT molecular complexity index is 230. The van der Waals surface area contributed by atoms with Crippen LogP contribution in [-0.4, -0.2) is 23.4 Å². The van der Waals surface area contributed by atoms with Gasteiger partial charge in [-0.15, -0.1) is 0 Å². The zero-order chi connectivity index (χ0) is 9.52. The standard InChI is InChI=1S/C10H19N3/c1-3-9-13-10(6-8-12-13)5-4-7-11-2/h6,8,11H,3-5,7,9H2,1-2H3. The lowest BCUT2D eigenvalue weighted by Gasteiger charge is -2.05. The second-order valence-corrected chi connectivity index (χ2v) is 3.25. The Hall–Kier alpha value is -0.830. The molecule has 1 heterocycles. The minimum atomic E-state index is 1.04. The Balaban J connectivity index is 2.40. The van der Waals surface area contributed by atoms with Crippen molar-refractivity contribution in [2.45, 2.75) is 32.7 Å². The van der Waals surface area contributed by atoms with Gasteiger partial charge in [0, 0.05) is 18.4 Å². The second kappa shape index (κ2) is 5.75. The summed E-state index contributed by atoms with van der Waals surface area (Å²) in [5.74, 6) is 0. The quantitative estimate of drug-likeness (QED) is 0.673. The molecule has 3 heteroatoms. The van der Waals surface area contributed by atoms with Crippen molar-refractivity contribution in [3.05, 3.63) is 18.0 Å². The van der Waals surface area contributed by atoms with Crippen LogP contribution in [0.5, 0.6) is 0 Å². The monoisotopic (exact) mass is 181 g/mol. The van der Waals surface area contributed by atoms with E-state index in [1.54, 1.807) is 0 Å². The van der Waals surface area contributed by atoms with E-state index in [0.29, 0.717) is 0 Å². The summed E-state index contributed by atoms with van der Waals surface area (Å²) in [5, 5.41) is 7.43. The van der Waals surface area contributed by atoms with Gasteiger partial charge in [-0.2, -0.15) is 5.10 Å². The number of hydrogen-bond donors (Lipinski definition) is 1. The molecule has 0 radical (unpaired) electrons. The van der Waals surface area contributed by atoms with Crippen LogP contribution in [0, 0.1) is 0 Å². The van der Waals surface area contributed by atoms with Crippen LogP contribution in [0.2, 0.25) is 0 Å². The second-order valence-electron chi connectivity index (χ2n) is 3.25. The third-order valence-electron chi connectivity index (χ3n) is 2.10. The van der Waals surface area contributed by atoms with Gasteiger partial charge < -0.3 is 5.32 Å². The van der Waals surface area contributed by atoms with E-state index in [1.807, 2.05) is 13.2 Å². The first kappa shape index (κ1) is 10.3. The van der Waals surface area contributed by atoms with E-state index in [-0.39, 0.29) is 0 Å². The highest BCUT2D eigenvalue weighted by molar-refractivity contribution is 5.00. The molecule has 0 aliphatic heterocycles. The predicted octanol–water partition coefficient (Wildman–Crippen LogP) is 1.45. The van der Waals surface area contributed by atoms with Crippen molar-refractivity contribution in [2.24, 2.45) is 0 Å². The van der Waals surface area contributed by atoms with Gasteiger partial charge in [0.1, 0.15) is 0 Å². The summed E-state index contributed by atoms with van der Waals surface area (Å²) >= 11 is 0. The first-order chi connectivity index (χ1) is 6.38. The molecule has 1 N–H and O–H groups in total. The van der Waals surface area contributed by atoms with Crippen LogP contribution in [-0.2, 0) is 13.0 Å². The molecule has 0 spiro atoms. The highest BCUT2D eigenvalue weighted by Crippen LogP contribution is 2.03. The Morgan fingerprint density at radius 3 is 3.08 bits per heavy atom. The third kappa shape index (κ3) is 3.19. The lowest BCUT2D eigenvalue weighted by molar-refractivity contribution is 0.564. The molecule has 0 saturated heterocycles. The van der Waals surface area contributed by atoms with Crippen LogP contribution >= 0.6 is 0 Å². The van der Waals surface area contributed by atoms with Crippen molar-refractivity contribution in [3.63, 3.8) is 0 Å². The predicted molar refractivity (Wildman–Crippen MR) is 54.8 cm³/mol. The van der Waals surface area contributed by atoms with Crippen LogP contribution in [0.4, 0.5) is 0 Å². The van der Waals surface area contributed by atoms with Gasteiger partial charge in [-0.1, -0.05) is 6.92 Å². The number of hydrogen-bond acceptors (Lipinski definition) is 2. The van der Waals surface area contributed by atoms with Gasteiger partial charge in [-0.05, 0) is 38.9 Å². The number of aromatic nitrogens is 2. The lowest BCUT2D eigenvalue weighted by atomic mass is 10.2. The largest absolute Gasteiger partial charge is 0.320 e. The molecule has 74 valence electrons. The molecule has 0 aromatic carbocycles. The van der Waals surface area contributed by atoms with Crippen molar-refractivity contribution in [2.75, 3.05) is 13.6 Å². The Morgan fingerprint density at radius 1 is 1.54 bits per heavy atom. The molecular weight excluding hydrogens is 162 g/mol. The summed E-state index contributed by atoms with van der Waals surface area (Å²) in [4.78, 5) is 0. The van der Waals surface area contributed by atoms with Crippen molar-refractivity contribution >= 4 is 0 Å². The summed E-state index contributed by atoms with van der Waals surface area (Å²) in [6, 6.07) is 2.12. The zero-order valence-corrected chi connectivity index (χ0v) is 8.58. The van der Waals surface area contributed by atoms with Crippen LogP contribution in [0.25, 0.3) is 0 Å². The minimum absolute atomic E-state index is 1.04. The summed E-state index contributed by atoms with van der Waals surface area (Å²) in [5.41, 5.74) is 1.36. The van der Waals surface area contributed by atoms with Crippen molar-refractivity contribution in [1.82, 2.24) is 15.1 Å². The maximum Gasteiger partial charge on any atom is 0.0492 e. The van der Waals surface area contributed by atoms with Crippen molar-refractivity contribution in [3.8, 4) is 0 Å². The van der Waals surface area contributed by atoms with Crippen LogP contribution in [0.15, 0.2) is 12.3 Å². The first-order valence-electron chi connectivity index (χ1n) is 5.03. The smallest absolute Gasteiger partial charge is 0.0492 e. The molecule has 0 bridgehead atoms. The third-order valence-corrected chi connectivity index (χ3v) is 2.10. The first-order valence-corrected chi connectivity index (χ1v) is 5.03. The Morgan fingerprint density at radius 2 is 2.38 bits per heavy atom. The van der Waals surface area contributed by atoms with E-state index in [2.05, 4.69) is 28.1 Å². The highest BCUT2D eigenvalue weighted by Gasteiger charge is 1.99. The number of nitrogens with zero attached hydrogens (tertiary/aromatic N) is 2. The summed E-state index contributed by atoms with van der Waals surface area (Å²) in [6.07, 6.45) is 5.36. The normalized spacial score (nSPS) is 10.6. The Kier molecular flexibility index (Phi) is 4.54. The van der Waals surface area contributed by atoms with Gasteiger partial charge in [-0.25, -0.2) is 0 Å². The average molecular weight is 181 g/mol. The molecule has 0 aliphatic rings. The van der Waals surface area contributed by atoms with E-state index in [0.717, 1.165) is 25.9 Å². The maximum atomic E-state index is 4.28. The minimum Gasteiger partial charge on any atom is -0.320 e. The summed E-state index contributed by atoms with van der Waals surface area (Å²) in [6.45, 7) is 4.30. The van der Waals surface area contributed by atoms with Crippen molar-refractivity contribution in [1.29, 1.82) is 0 Å². The Labute approximate surface area is 80.1 Å². The molecule has 0 fully saturated rings. The van der Waals surface area contributed by atoms with Gasteiger partial charge in [0.25, 0.3) is 0 Å². The SMILES string of the molecule is CCCn1nccc1CCCNC. The van der Waals surface area contributed by atoms with Crippen LogP contribution in [0.1, 0.15) is 25.5 Å². The molecule has 0 atom stereocenters. The van der Waals surface area contributed by atoms with Gasteiger partial charge in [-0.3, -0.25) is 4.68 Å². The van der Waals surface area contributed by atoms with Gasteiger partial charge in [0.2, 0.25) is 0 Å². The molecule has 1 rings (SSSR count). The average Bonchev–Trinajstić information content (AvgIpc) is 2.54. The van der Waals surface area contributed by atoms with E-state index in [9.17, 15) is 0 Å². The number of aryl methyl sites for hydroxylation is 2. The van der Waals surface area contributed by atoms with Crippen LogP contribution < -0.4 is 5.32 Å². The van der Waals surface area contributed by atoms with E-state index in [4.69, 9.17) is 0 Å². The number of nitrogens with one attached hydrogen (secondary N) is 1. The molecule has 0 amide bonds. The summed E-state index contributed by atoms with van der Waals surface area (Å²) < 4.78 is 2.11.